The summed E-state index contributed by atoms with van der Waals surface area (Å²) in [7, 11) is 1.93. The van der Waals surface area contributed by atoms with Gasteiger partial charge in [0.25, 0.3) is 0 Å². The average Bonchev–Trinajstić information content (AvgIpc) is 2.59. The second-order valence-corrected chi connectivity index (χ2v) is 4.91. The predicted octanol–water partition coefficient (Wildman–Crippen LogP) is 2.54. The third-order valence-corrected chi connectivity index (χ3v) is 2.79. The van der Waals surface area contributed by atoms with E-state index in [4.69, 9.17) is 0 Å². The van der Waals surface area contributed by atoms with E-state index in [9.17, 15) is 4.79 Å². The normalized spacial score (nSPS) is 13.0. The zero-order valence-electron chi connectivity index (χ0n) is 8.57. The van der Waals surface area contributed by atoms with E-state index in [2.05, 4.69) is 20.9 Å². The van der Waals surface area contributed by atoms with Crippen molar-refractivity contribution in [2.45, 2.75) is 11.8 Å². The lowest BCUT2D eigenvalue weighted by Crippen LogP contribution is -2.09. The fraction of sp³-hybridized carbons (Fsp3) is 0.273. The third-order valence-electron chi connectivity index (χ3n) is 2.37. The van der Waals surface area contributed by atoms with Gasteiger partial charge in [0.1, 0.15) is 0 Å². The van der Waals surface area contributed by atoms with Crippen molar-refractivity contribution >= 4 is 32.7 Å². The molecular formula is C11H11BrN2O. The molecule has 0 N–H and O–H groups in total. The van der Waals surface area contributed by atoms with Gasteiger partial charge in [-0.15, -0.1) is 0 Å². The maximum Gasteiger partial charge on any atom is 0.176 e. The first-order valence-corrected chi connectivity index (χ1v) is 5.60. The first kappa shape index (κ1) is 10.4. The molecule has 0 bridgehead atoms. The topological polar surface area (TPSA) is 34.9 Å². The molecule has 0 fully saturated rings. The molecule has 1 unspecified atom stereocenters. The maximum absolute atomic E-state index is 11.7. The summed E-state index contributed by atoms with van der Waals surface area (Å²) in [5.41, 5.74) is 2.59. The van der Waals surface area contributed by atoms with Gasteiger partial charge in [-0.3, -0.25) is 4.79 Å². The summed E-state index contributed by atoms with van der Waals surface area (Å²) in [6.07, 6.45) is 1.75. The molecule has 0 aliphatic rings. The molecule has 0 radical (unpaired) electrons. The van der Waals surface area contributed by atoms with Crippen molar-refractivity contribution in [1.29, 1.82) is 0 Å². The standard InChI is InChI=1S/C11H11BrN2O/c1-7(12)11(15)8-3-4-10-9(5-8)13-6-14(10)2/h3-7H,1-2H3. The van der Waals surface area contributed by atoms with Crippen LogP contribution in [-0.4, -0.2) is 20.2 Å². The van der Waals surface area contributed by atoms with E-state index in [0.29, 0.717) is 5.56 Å². The highest BCUT2D eigenvalue weighted by molar-refractivity contribution is 9.10. The molecule has 0 saturated heterocycles. The number of fused-ring (bicyclic) bond motifs is 1. The average molecular weight is 267 g/mol. The van der Waals surface area contributed by atoms with Crippen LogP contribution in [0.3, 0.4) is 0 Å². The van der Waals surface area contributed by atoms with Crippen LogP contribution in [-0.2, 0) is 7.05 Å². The molecule has 2 rings (SSSR count). The lowest BCUT2D eigenvalue weighted by atomic mass is 10.1. The molecule has 0 spiro atoms. The molecule has 0 aliphatic carbocycles. The number of halogens is 1. The SMILES string of the molecule is CC(Br)C(=O)c1ccc2c(c1)ncn2C. The number of rotatable bonds is 2. The molecule has 1 aromatic heterocycles. The minimum atomic E-state index is -0.154. The Morgan fingerprint density at radius 2 is 2.27 bits per heavy atom. The molecule has 0 saturated carbocycles. The molecule has 0 amide bonds. The molecular weight excluding hydrogens is 256 g/mol. The van der Waals surface area contributed by atoms with Crippen molar-refractivity contribution in [3.05, 3.63) is 30.1 Å². The summed E-state index contributed by atoms with van der Waals surface area (Å²) < 4.78 is 1.93. The number of benzene rings is 1. The molecule has 0 aliphatic heterocycles. The van der Waals surface area contributed by atoms with E-state index in [1.54, 1.807) is 6.33 Å². The van der Waals surface area contributed by atoms with Gasteiger partial charge >= 0.3 is 0 Å². The minimum absolute atomic E-state index is 0.0857. The lowest BCUT2D eigenvalue weighted by molar-refractivity contribution is 0.0996. The Kier molecular flexibility index (Phi) is 2.61. The number of Topliss-reactive ketones (excluding diaryl/α,β-unsaturated/α-hetero) is 1. The number of hydrogen-bond acceptors (Lipinski definition) is 2. The summed E-state index contributed by atoms with van der Waals surface area (Å²) in [4.78, 5) is 15.8. The highest BCUT2D eigenvalue weighted by atomic mass is 79.9. The fourth-order valence-corrected chi connectivity index (χ4v) is 1.78. The zero-order chi connectivity index (χ0) is 11.0. The number of imidazole rings is 1. The Bertz CT molecular complexity index is 516. The van der Waals surface area contributed by atoms with Gasteiger partial charge < -0.3 is 4.57 Å². The number of alkyl halides is 1. The van der Waals surface area contributed by atoms with Gasteiger partial charge in [0, 0.05) is 12.6 Å². The first-order valence-electron chi connectivity index (χ1n) is 4.69. The van der Waals surface area contributed by atoms with Gasteiger partial charge in [-0.05, 0) is 25.1 Å². The highest BCUT2D eigenvalue weighted by Crippen LogP contribution is 2.16. The molecule has 1 atom stereocenters. The van der Waals surface area contributed by atoms with E-state index in [-0.39, 0.29) is 10.6 Å². The van der Waals surface area contributed by atoms with E-state index in [1.807, 2.05) is 36.7 Å². The third kappa shape index (κ3) is 1.81. The van der Waals surface area contributed by atoms with Crippen LogP contribution < -0.4 is 0 Å². The van der Waals surface area contributed by atoms with Crippen LogP contribution in [0.5, 0.6) is 0 Å². The lowest BCUT2D eigenvalue weighted by Gasteiger charge is -2.02. The smallest absolute Gasteiger partial charge is 0.176 e. The van der Waals surface area contributed by atoms with Crippen LogP contribution in [0, 0.1) is 0 Å². The van der Waals surface area contributed by atoms with E-state index in [0.717, 1.165) is 11.0 Å². The Morgan fingerprint density at radius 1 is 1.53 bits per heavy atom. The predicted molar refractivity (Wildman–Crippen MR) is 63.4 cm³/mol. The quantitative estimate of drug-likeness (QED) is 0.619. The fourth-order valence-electron chi connectivity index (χ4n) is 1.52. The number of ketones is 1. The monoisotopic (exact) mass is 266 g/mol. The Hall–Kier alpha value is -1.16. The molecule has 4 heteroatoms. The highest BCUT2D eigenvalue weighted by Gasteiger charge is 2.12. The summed E-state index contributed by atoms with van der Waals surface area (Å²) in [5.74, 6) is 0.0857. The number of aryl methyl sites for hydroxylation is 1. The largest absolute Gasteiger partial charge is 0.334 e. The van der Waals surface area contributed by atoms with Crippen LogP contribution in [0.15, 0.2) is 24.5 Å². The Morgan fingerprint density at radius 3 is 2.93 bits per heavy atom. The van der Waals surface area contributed by atoms with Crippen molar-refractivity contribution in [1.82, 2.24) is 9.55 Å². The van der Waals surface area contributed by atoms with Crippen molar-refractivity contribution in [2.24, 2.45) is 7.05 Å². The van der Waals surface area contributed by atoms with E-state index >= 15 is 0 Å². The van der Waals surface area contributed by atoms with Crippen molar-refractivity contribution in [2.75, 3.05) is 0 Å². The number of hydrogen-bond donors (Lipinski definition) is 0. The van der Waals surface area contributed by atoms with E-state index in [1.165, 1.54) is 0 Å². The first-order chi connectivity index (χ1) is 7.09. The van der Waals surface area contributed by atoms with Crippen molar-refractivity contribution in [3.8, 4) is 0 Å². The maximum atomic E-state index is 11.7. The second kappa shape index (κ2) is 3.77. The molecule has 2 aromatic rings. The van der Waals surface area contributed by atoms with Crippen molar-refractivity contribution < 1.29 is 4.79 Å². The van der Waals surface area contributed by atoms with Gasteiger partial charge in [-0.2, -0.15) is 0 Å². The summed E-state index contributed by atoms with van der Waals surface area (Å²) in [5, 5.41) is 0. The van der Waals surface area contributed by atoms with Crippen LogP contribution in [0.4, 0.5) is 0 Å². The van der Waals surface area contributed by atoms with Gasteiger partial charge in [-0.25, -0.2) is 4.98 Å². The van der Waals surface area contributed by atoms with Crippen LogP contribution in [0.2, 0.25) is 0 Å². The molecule has 3 nitrogen and oxygen atoms in total. The molecule has 1 aromatic carbocycles. The number of carbonyl (C=O) groups excluding carboxylic acids is 1. The minimum Gasteiger partial charge on any atom is -0.334 e. The van der Waals surface area contributed by atoms with Gasteiger partial charge in [0.2, 0.25) is 0 Å². The molecule has 1 heterocycles. The summed E-state index contributed by atoms with van der Waals surface area (Å²) in [6, 6.07) is 5.59. The van der Waals surface area contributed by atoms with Gasteiger partial charge in [-0.1, -0.05) is 15.9 Å². The summed E-state index contributed by atoms with van der Waals surface area (Å²) >= 11 is 3.27. The van der Waals surface area contributed by atoms with Crippen molar-refractivity contribution in [3.63, 3.8) is 0 Å². The molecule has 78 valence electrons. The Labute approximate surface area is 96.2 Å². The second-order valence-electron chi connectivity index (χ2n) is 3.54. The summed E-state index contributed by atoms with van der Waals surface area (Å²) in [6.45, 7) is 1.82. The molecule has 15 heavy (non-hydrogen) atoms. The Balaban J connectivity index is 2.52. The zero-order valence-corrected chi connectivity index (χ0v) is 10.2. The number of nitrogens with zero attached hydrogens (tertiary/aromatic N) is 2. The van der Waals surface area contributed by atoms with E-state index < -0.39 is 0 Å². The van der Waals surface area contributed by atoms with Crippen LogP contribution in [0.25, 0.3) is 11.0 Å². The van der Waals surface area contributed by atoms with Crippen LogP contribution >= 0.6 is 15.9 Å². The van der Waals surface area contributed by atoms with Gasteiger partial charge in [0.05, 0.1) is 22.2 Å². The van der Waals surface area contributed by atoms with Gasteiger partial charge in [0.15, 0.2) is 5.78 Å². The number of carbonyl (C=O) groups is 1. The van der Waals surface area contributed by atoms with Crippen LogP contribution in [0.1, 0.15) is 17.3 Å². The number of aromatic nitrogens is 2.